The molecule has 0 saturated carbocycles. The number of carbonyl (C=O) groups is 1. The van der Waals surface area contributed by atoms with Crippen molar-refractivity contribution in [3.8, 4) is 11.5 Å². The summed E-state index contributed by atoms with van der Waals surface area (Å²) in [4.78, 5) is 15.5. The molecule has 86 valence electrons. The summed E-state index contributed by atoms with van der Waals surface area (Å²) in [5.41, 5.74) is 0.302. The molecule has 0 bridgehead atoms. The number of allylic oxidation sites excluding steroid dienone is 1. The van der Waals surface area contributed by atoms with Gasteiger partial charge in [-0.1, -0.05) is 0 Å². The molecule has 0 aliphatic rings. The second-order valence-corrected chi connectivity index (χ2v) is 3.39. The maximum atomic E-state index is 11.7. The molecule has 0 spiro atoms. The van der Waals surface area contributed by atoms with Crippen molar-refractivity contribution in [2.45, 2.75) is 0 Å². The Kier molecular flexibility index (Phi) is 2.91. The first-order valence-corrected chi connectivity index (χ1v) is 4.89. The molecule has 0 aliphatic carbocycles. The zero-order valence-electron chi connectivity index (χ0n) is 8.82. The normalized spacial score (nSPS) is 10.8. The van der Waals surface area contributed by atoms with Crippen molar-refractivity contribution >= 4 is 12.0 Å². The van der Waals surface area contributed by atoms with E-state index >= 15 is 0 Å². The van der Waals surface area contributed by atoms with Crippen molar-refractivity contribution in [1.82, 2.24) is 9.55 Å². The first kappa shape index (κ1) is 10.9. The first-order chi connectivity index (χ1) is 8.16. The van der Waals surface area contributed by atoms with Crippen molar-refractivity contribution in [3.63, 3.8) is 0 Å². The molecule has 1 heterocycles. The van der Waals surface area contributed by atoms with E-state index in [4.69, 9.17) is 5.11 Å². The number of aromatic hydroxyl groups is 2. The van der Waals surface area contributed by atoms with Gasteiger partial charge in [-0.15, -0.1) is 0 Å². The lowest BCUT2D eigenvalue weighted by Crippen LogP contribution is -1.94. The Bertz CT molecular complexity index is 559. The van der Waals surface area contributed by atoms with Crippen molar-refractivity contribution in [1.29, 1.82) is 0 Å². The second kappa shape index (κ2) is 4.52. The molecular weight excluding hydrogens is 220 g/mol. The maximum Gasteiger partial charge on any atom is 0.187 e. The number of benzene rings is 1. The van der Waals surface area contributed by atoms with Crippen molar-refractivity contribution in [3.05, 3.63) is 48.6 Å². The van der Waals surface area contributed by atoms with Crippen LogP contribution in [0.1, 0.15) is 10.4 Å². The van der Waals surface area contributed by atoms with E-state index in [0.29, 0.717) is 5.56 Å². The smallest absolute Gasteiger partial charge is 0.187 e. The van der Waals surface area contributed by atoms with Crippen LogP contribution in [0.5, 0.6) is 11.5 Å². The SMILES string of the molecule is O=C(C=Cn1ccnc1)c1ccc(O)c(O)c1. The minimum absolute atomic E-state index is 0.250. The number of hydrogen-bond acceptors (Lipinski definition) is 4. The fourth-order valence-corrected chi connectivity index (χ4v) is 1.28. The van der Waals surface area contributed by atoms with Gasteiger partial charge in [0.15, 0.2) is 17.3 Å². The average Bonchev–Trinajstić information content (AvgIpc) is 2.82. The Morgan fingerprint density at radius 2 is 2.12 bits per heavy atom. The van der Waals surface area contributed by atoms with Gasteiger partial charge in [-0.2, -0.15) is 0 Å². The zero-order chi connectivity index (χ0) is 12.3. The third-order valence-corrected chi connectivity index (χ3v) is 2.18. The van der Waals surface area contributed by atoms with E-state index in [9.17, 15) is 9.90 Å². The molecule has 1 aromatic heterocycles. The highest BCUT2D eigenvalue weighted by molar-refractivity contribution is 6.06. The van der Waals surface area contributed by atoms with Gasteiger partial charge in [0.1, 0.15) is 0 Å². The van der Waals surface area contributed by atoms with Gasteiger partial charge in [-0.3, -0.25) is 4.79 Å². The van der Waals surface area contributed by atoms with Gasteiger partial charge in [0.25, 0.3) is 0 Å². The van der Waals surface area contributed by atoms with Crippen LogP contribution in [0, 0.1) is 0 Å². The van der Waals surface area contributed by atoms with Crippen LogP contribution >= 0.6 is 0 Å². The van der Waals surface area contributed by atoms with Gasteiger partial charge in [-0.25, -0.2) is 4.98 Å². The predicted octanol–water partition coefficient (Wildman–Crippen LogP) is 1.65. The fraction of sp³-hybridized carbons (Fsp3) is 0. The summed E-state index contributed by atoms with van der Waals surface area (Å²) in [7, 11) is 0. The van der Waals surface area contributed by atoms with Crippen LogP contribution in [0.4, 0.5) is 0 Å². The third kappa shape index (κ3) is 2.52. The van der Waals surface area contributed by atoms with E-state index in [-0.39, 0.29) is 17.3 Å². The van der Waals surface area contributed by atoms with Crippen LogP contribution < -0.4 is 0 Å². The van der Waals surface area contributed by atoms with Gasteiger partial charge in [-0.05, 0) is 18.2 Å². The van der Waals surface area contributed by atoms with Crippen molar-refractivity contribution in [2.75, 3.05) is 0 Å². The van der Waals surface area contributed by atoms with Crippen molar-refractivity contribution < 1.29 is 15.0 Å². The molecule has 5 heteroatoms. The molecule has 0 fully saturated rings. The van der Waals surface area contributed by atoms with Crippen LogP contribution in [0.2, 0.25) is 0 Å². The summed E-state index contributed by atoms with van der Waals surface area (Å²) in [5, 5.41) is 18.4. The van der Waals surface area contributed by atoms with E-state index in [0.717, 1.165) is 0 Å². The second-order valence-electron chi connectivity index (χ2n) is 3.39. The number of carbonyl (C=O) groups excluding carboxylic acids is 1. The molecule has 0 atom stereocenters. The monoisotopic (exact) mass is 230 g/mol. The molecule has 0 saturated heterocycles. The van der Waals surface area contributed by atoms with Crippen LogP contribution in [-0.2, 0) is 0 Å². The highest BCUT2D eigenvalue weighted by Gasteiger charge is 2.05. The molecule has 0 amide bonds. The molecule has 0 aliphatic heterocycles. The Morgan fingerprint density at radius 3 is 2.76 bits per heavy atom. The van der Waals surface area contributed by atoms with Gasteiger partial charge in [0, 0.05) is 30.2 Å². The predicted molar refractivity (Wildman–Crippen MR) is 61.7 cm³/mol. The lowest BCUT2D eigenvalue weighted by atomic mass is 10.1. The van der Waals surface area contributed by atoms with Gasteiger partial charge < -0.3 is 14.8 Å². The number of imidazole rings is 1. The number of rotatable bonds is 3. The lowest BCUT2D eigenvalue weighted by Gasteiger charge is -1.99. The summed E-state index contributed by atoms with van der Waals surface area (Å²) in [6.45, 7) is 0. The van der Waals surface area contributed by atoms with E-state index < -0.39 is 0 Å². The standard InChI is InChI=1S/C12H10N2O3/c15-10(3-5-14-6-4-13-8-14)9-1-2-11(16)12(17)7-9/h1-8,16-17H. The molecule has 2 N–H and O–H groups in total. The third-order valence-electron chi connectivity index (χ3n) is 2.18. The van der Waals surface area contributed by atoms with Crippen molar-refractivity contribution in [2.24, 2.45) is 0 Å². The maximum absolute atomic E-state index is 11.7. The summed E-state index contributed by atoms with van der Waals surface area (Å²) >= 11 is 0. The molecule has 0 radical (unpaired) electrons. The summed E-state index contributed by atoms with van der Waals surface area (Å²) in [6, 6.07) is 3.93. The zero-order valence-corrected chi connectivity index (χ0v) is 8.82. The van der Waals surface area contributed by atoms with Gasteiger partial charge in [0.05, 0.1) is 6.33 Å². The number of ketones is 1. The Morgan fingerprint density at radius 1 is 1.29 bits per heavy atom. The highest BCUT2D eigenvalue weighted by Crippen LogP contribution is 2.25. The number of phenols is 2. The average molecular weight is 230 g/mol. The van der Waals surface area contributed by atoms with E-state index in [2.05, 4.69) is 4.98 Å². The minimum Gasteiger partial charge on any atom is -0.504 e. The largest absolute Gasteiger partial charge is 0.504 e. The molecule has 1 aromatic carbocycles. The Balaban J connectivity index is 2.17. The van der Waals surface area contributed by atoms with Crippen LogP contribution in [0.3, 0.4) is 0 Å². The Hall–Kier alpha value is -2.56. The van der Waals surface area contributed by atoms with Crippen LogP contribution in [0.15, 0.2) is 43.0 Å². The Labute approximate surface area is 97.3 Å². The van der Waals surface area contributed by atoms with Crippen LogP contribution in [0.25, 0.3) is 6.20 Å². The number of hydrogen-bond donors (Lipinski definition) is 2. The van der Waals surface area contributed by atoms with E-state index in [1.807, 2.05) is 0 Å². The van der Waals surface area contributed by atoms with Gasteiger partial charge >= 0.3 is 0 Å². The lowest BCUT2D eigenvalue weighted by molar-refractivity contribution is 0.104. The molecule has 2 rings (SSSR count). The number of phenolic OH excluding ortho intramolecular Hbond substituents is 2. The summed E-state index contributed by atoms with van der Waals surface area (Å²) in [5.74, 6) is -0.832. The van der Waals surface area contributed by atoms with Crippen LogP contribution in [-0.4, -0.2) is 25.5 Å². The topological polar surface area (TPSA) is 75.4 Å². The summed E-state index contributed by atoms with van der Waals surface area (Å²) in [6.07, 6.45) is 7.75. The molecular formula is C12H10N2O3. The highest BCUT2D eigenvalue weighted by atomic mass is 16.3. The molecule has 0 unspecified atom stereocenters. The minimum atomic E-state index is -0.313. The number of nitrogens with zero attached hydrogens (tertiary/aromatic N) is 2. The first-order valence-electron chi connectivity index (χ1n) is 4.89. The number of aromatic nitrogens is 2. The summed E-state index contributed by atoms with van der Waals surface area (Å²) < 4.78 is 1.62. The molecule has 5 nitrogen and oxygen atoms in total. The molecule has 17 heavy (non-hydrogen) atoms. The van der Waals surface area contributed by atoms with E-state index in [1.54, 1.807) is 29.5 Å². The quantitative estimate of drug-likeness (QED) is 0.477. The fourth-order valence-electron chi connectivity index (χ4n) is 1.28. The molecule has 2 aromatic rings. The van der Waals surface area contributed by atoms with Gasteiger partial charge in [0.2, 0.25) is 0 Å². The van der Waals surface area contributed by atoms with E-state index in [1.165, 1.54) is 24.3 Å².